The molecule has 0 amide bonds. The summed E-state index contributed by atoms with van der Waals surface area (Å²) in [5, 5.41) is 34.7. The van der Waals surface area contributed by atoms with Gasteiger partial charge in [0.1, 0.15) is 0 Å². The molecule has 10 nitrogen and oxygen atoms in total. The van der Waals surface area contributed by atoms with Crippen LogP contribution in [0.1, 0.15) is 0 Å². The molecule has 0 saturated carbocycles. The molecule has 0 saturated heterocycles. The molecule has 23 heavy (non-hydrogen) atoms. The highest BCUT2D eigenvalue weighted by Gasteiger charge is 2.14. The largest absolute Gasteiger partial charge is 0.480 e. The fraction of sp³-hybridized carbons (Fsp3) is 0.667. The van der Waals surface area contributed by atoms with E-state index in [0.717, 1.165) is 0 Å². The van der Waals surface area contributed by atoms with Gasteiger partial charge in [-0.3, -0.25) is 29.0 Å². The molecule has 4 N–H and O–H groups in total. The Balaban J connectivity index is 4.09. The third kappa shape index (κ3) is 13.5. The van der Waals surface area contributed by atoms with Crippen molar-refractivity contribution in [3.05, 3.63) is 0 Å². The minimum atomic E-state index is -1.12. The molecule has 0 atom stereocenters. The first-order valence-corrected chi connectivity index (χ1v) is 7.75. The van der Waals surface area contributed by atoms with Crippen molar-refractivity contribution in [2.24, 2.45) is 0 Å². The van der Waals surface area contributed by atoms with Crippen LogP contribution < -0.4 is 0 Å². The first kappa shape index (κ1) is 21.1. The number of hydrogen-bond donors (Lipinski definition) is 4. The molecular formula is C12H20N2O8S. The van der Waals surface area contributed by atoms with Gasteiger partial charge in [0.05, 0.1) is 26.2 Å². The second kappa shape index (κ2) is 11.7. The molecule has 0 rings (SSSR count). The van der Waals surface area contributed by atoms with Crippen LogP contribution >= 0.6 is 11.8 Å². The zero-order chi connectivity index (χ0) is 17.8. The number of carboxylic acids is 4. The Kier molecular flexibility index (Phi) is 10.7. The molecule has 0 unspecified atom stereocenters. The lowest BCUT2D eigenvalue weighted by Gasteiger charge is -2.19. The van der Waals surface area contributed by atoms with Gasteiger partial charge in [-0.25, -0.2) is 0 Å². The molecule has 0 spiro atoms. The molecule has 0 aromatic carbocycles. The molecule has 132 valence electrons. The second-order valence-electron chi connectivity index (χ2n) is 4.61. The Morgan fingerprint density at radius 1 is 0.609 bits per heavy atom. The number of thioether (sulfide) groups is 1. The van der Waals surface area contributed by atoms with E-state index in [2.05, 4.69) is 0 Å². The van der Waals surface area contributed by atoms with Crippen molar-refractivity contribution in [1.29, 1.82) is 0 Å². The Morgan fingerprint density at radius 3 is 1.09 bits per heavy atom. The number of carbonyl (C=O) groups is 4. The van der Waals surface area contributed by atoms with E-state index >= 15 is 0 Å². The maximum absolute atomic E-state index is 10.6. The lowest BCUT2D eigenvalue weighted by atomic mass is 10.4. The van der Waals surface area contributed by atoms with E-state index in [1.165, 1.54) is 21.6 Å². The van der Waals surface area contributed by atoms with E-state index in [4.69, 9.17) is 20.4 Å². The molecule has 0 bridgehead atoms. The average molecular weight is 352 g/mol. The summed E-state index contributed by atoms with van der Waals surface area (Å²) in [5.74, 6) is -3.57. The third-order valence-electron chi connectivity index (χ3n) is 2.54. The van der Waals surface area contributed by atoms with E-state index in [9.17, 15) is 19.2 Å². The summed E-state index contributed by atoms with van der Waals surface area (Å²) in [6.45, 7) is -1.01. The number of carboxylic acid groups (broad SMARTS) is 4. The first-order valence-electron chi connectivity index (χ1n) is 6.60. The van der Waals surface area contributed by atoms with Crippen LogP contribution in [-0.2, 0) is 19.2 Å². The topological polar surface area (TPSA) is 156 Å². The molecule has 0 fully saturated rings. The Bertz CT molecular complexity index is 361. The lowest BCUT2D eigenvalue weighted by Crippen LogP contribution is -2.37. The summed E-state index contributed by atoms with van der Waals surface area (Å²) in [6.07, 6.45) is 0. The highest BCUT2D eigenvalue weighted by Crippen LogP contribution is 2.03. The second-order valence-corrected chi connectivity index (χ2v) is 5.83. The first-order chi connectivity index (χ1) is 10.7. The predicted octanol–water partition coefficient (Wildman–Crippen LogP) is -1.34. The fourth-order valence-electron chi connectivity index (χ4n) is 1.68. The van der Waals surface area contributed by atoms with Crippen molar-refractivity contribution in [3.8, 4) is 0 Å². The smallest absolute Gasteiger partial charge is 0.317 e. The highest BCUT2D eigenvalue weighted by molar-refractivity contribution is 7.99. The fourth-order valence-corrected chi connectivity index (χ4v) is 2.66. The van der Waals surface area contributed by atoms with Gasteiger partial charge >= 0.3 is 23.9 Å². The molecule has 0 aliphatic rings. The quantitative estimate of drug-likeness (QED) is 0.274. The van der Waals surface area contributed by atoms with Crippen LogP contribution in [0.25, 0.3) is 0 Å². The Labute approximate surface area is 136 Å². The molecular weight excluding hydrogens is 332 g/mol. The standard InChI is InChI=1S/C12H20N2O8S/c15-9(16)5-13(6-10(17)18)1-3-23-4-2-14(7-11(19)20)8-12(21)22/h1-8H2,(H,15,16)(H,17,18)(H,19,20)(H,21,22). The molecule has 0 heterocycles. The predicted molar refractivity (Wildman–Crippen MR) is 80.7 cm³/mol. The van der Waals surface area contributed by atoms with E-state index in [1.807, 2.05) is 0 Å². The summed E-state index contributed by atoms with van der Waals surface area (Å²) in [6, 6.07) is 0. The van der Waals surface area contributed by atoms with Crippen LogP contribution in [0.15, 0.2) is 0 Å². The van der Waals surface area contributed by atoms with Crippen LogP contribution in [0, 0.1) is 0 Å². The Hall–Kier alpha value is -1.85. The molecule has 0 radical (unpaired) electrons. The van der Waals surface area contributed by atoms with Gasteiger partial charge in [-0.15, -0.1) is 0 Å². The van der Waals surface area contributed by atoms with Crippen LogP contribution in [0.2, 0.25) is 0 Å². The minimum Gasteiger partial charge on any atom is -0.480 e. The summed E-state index contributed by atoms with van der Waals surface area (Å²) in [5.41, 5.74) is 0. The summed E-state index contributed by atoms with van der Waals surface area (Å²) in [4.78, 5) is 45.0. The number of hydrogen-bond acceptors (Lipinski definition) is 7. The van der Waals surface area contributed by atoms with Gasteiger partial charge in [-0.05, 0) is 0 Å². The van der Waals surface area contributed by atoms with Crippen LogP contribution in [-0.4, -0.2) is 105 Å². The average Bonchev–Trinajstić information content (AvgIpc) is 2.34. The molecule has 0 aromatic heterocycles. The van der Waals surface area contributed by atoms with E-state index in [0.29, 0.717) is 11.5 Å². The lowest BCUT2D eigenvalue weighted by molar-refractivity contribution is -0.143. The van der Waals surface area contributed by atoms with Gasteiger partial charge in [-0.2, -0.15) is 11.8 Å². The number of rotatable bonds is 14. The molecule has 0 aromatic rings. The SMILES string of the molecule is O=C(O)CN(CCSCCN(CC(=O)O)CC(=O)O)CC(=O)O. The number of aliphatic carboxylic acids is 4. The van der Waals surface area contributed by atoms with E-state index in [-0.39, 0.29) is 39.3 Å². The van der Waals surface area contributed by atoms with Crippen LogP contribution in [0.5, 0.6) is 0 Å². The van der Waals surface area contributed by atoms with Crippen molar-refractivity contribution in [3.63, 3.8) is 0 Å². The van der Waals surface area contributed by atoms with Gasteiger partial charge in [0.25, 0.3) is 0 Å². The van der Waals surface area contributed by atoms with Gasteiger partial charge in [0.2, 0.25) is 0 Å². The van der Waals surface area contributed by atoms with Gasteiger partial charge in [0.15, 0.2) is 0 Å². The monoisotopic (exact) mass is 352 g/mol. The molecule has 0 aliphatic carbocycles. The highest BCUT2D eigenvalue weighted by atomic mass is 32.2. The van der Waals surface area contributed by atoms with Gasteiger partial charge < -0.3 is 20.4 Å². The zero-order valence-corrected chi connectivity index (χ0v) is 13.2. The normalized spacial score (nSPS) is 10.9. The van der Waals surface area contributed by atoms with E-state index < -0.39 is 23.9 Å². The third-order valence-corrected chi connectivity index (χ3v) is 3.48. The van der Waals surface area contributed by atoms with Crippen molar-refractivity contribution >= 4 is 35.6 Å². The van der Waals surface area contributed by atoms with Crippen LogP contribution in [0.4, 0.5) is 0 Å². The van der Waals surface area contributed by atoms with Crippen molar-refractivity contribution in [2.45, 2.75) is 0 Å². The van der Waals surface area contributed by atoms with Gasteiger partial charge in [-0.1, -0.05) is 0 Å². The summed E-state index contributed by atoms with van der Waals surface area (Å²) in [7, 11) is 0. The molecule has 0 aliphatic heterocycles. The summed E-state index contributed by atoms with van der Waals surface area (Å²) < 4.78 is 0. The van der Waals surface area contributed by atoms with Crippen LogP contribution in [0.3, 0.4) is 0 Å². The zero-order valence-electron chi connectivity index (χ0n) is 12.4. The van der Waals surface area contributed by atoms with Crippen molar-refractivity contribution < 1.29 is 39.6 Å². The summed E-state index contributed by atoms with van der Waals surface area (Å²) >= 11 is 1.36. The minimum absolute atomic E-state index is 0.251. The Morgan fingerprint density at radius 2 is 0.870 bits per heavy atom. The van der Waals surface area contributed by atoms with Gasteiger partial charge in [0, 0.05) is 24.6 Å². The maximum Gasteiger partial charge on any atom is 0.317 e. The maximum atomic E-state index is 10.6. The molecule has 11 heteroatoms. The van der Waals surface area contributed by atoms with Crippen molar-refractivity contribution in [2.75, 3.05) is 50.8 Å². The number of nitrogens with zero attached hydrogens (tertiary/aromatic N) is 2. The van der Waals surface area contributed by atoms with E-state index in [1.54, 1.807) is 0 Å². The van der Waals surface area contributed by atoms with Crippen molar-refractivity contribution in [1.82, 2.24) is 9.80 Å².